The van der Waals surface area contributed by atoms with Crippen LogP contribution in [0, 0.1) is 0 Å². The fourth-order valence-corrected chi connectivity index (χ4v) is 3.80. The summed E-state index contributed by atoms with van der Waals surface area (Å²) in [5.41, 5.74) is 2.83. The molecule has 1 aliphatic rings. The normalized spacial score (nSPS) is 16.3. The fourth-order valence-electron chi connectivity index (χ4n) is 2.99. The number of nitrogens with one attached hydrogen (secondary N) is 1. The van der Waals surface area contributed by atoms with Gasteiger partial charge >= 0.3 is 0 Å². The molecule has 0 amide bonds. The van der Waals surface area contributed by atoms with E-state index in [0.717, 1.165) is 29.5 Å². The number of fused-ring (bicyclic) bond motifs is 1. The zero-order valence-electron chi connectivity index (χ0n) is 14.4. The van der Waals surface area contributed by atoms with Crippen LogP contribution in [0.5, 0.6) is 0 Å². The van der Waals surface area contributed by atoms with Crippen molar-refractivity contribution in [2.75, 3.05) is 19.6 Å². The smallest absolute Gasteiger partial charge is 0.131 e. The summed E-state index contributed by atoms with van der Waals surface area (Å²) in [6.45, 7) is 8.15. The topological polar surface area (TPSA) is 61.3 Å². The van der Waals surface area contributed by atoms with Gasteiger partial charge in [-0.25, -0.2) is 0 Å². The first-order valence-electron chi connectivity index (χ1n) is 8.62. The van der Waals surface area contributed by atoms with Crippen molar-refractivity contribution in [1.82, 2.24) is 20.4 Å². The van der Waals surface area contributed by atoms with Gasteiger partial charge in [-0.05, 0) is 17.5 Å². The Morgan fingerprint density at radius 2 is 2.04 bits per heavy atom. The number of hydrogen-bond donors (Lipinski definition) is 2. The quantitative estimate of drug-likeness (QED) is 0.805. The van der Waals surface area contributed by atoms with E-state index in [1.807, 2.05) is 0 Å². The first-order valence-corrected chi connectivity index (χ1v) is 9.43. The van der Waals surface area contributed by atoms with Crippen molar-refractivity contribution >= 4 is 11.3 Å². The van der Waals surface area contributed by atoms with E-state index in [1.165, 1.54) is 11.1 Å². The van der Waals surface area contributed by atoms with E-state index < -0.39 is 0 Å². The van der Waals surface area contributed by atoms with E-state index in [9.17, 15) is 5.11 Å². The van der Waals surface area contributed by atoms with Gasteiger partial charge in [-0.15, -0.1) is 10.2 Å². The molecule has 0 saturated heterocycles. The maximum atomic E-state index is 10.3. The lowest BCUT2D eigenvalue weighted by Gasteiger charge is -2.30. The van der Waals surface area contributed by atoms with Gasteiger partial charge in [-0.1, -0.05) is 49.4 Å². The van der Waals surface area contributed by atoms with Crippen LogP contribution in [0.2, 0.25) is 0 Å². The maximum Gasteiger partial charge on any atom is 0.131 e. The molecule has 1 atom stereocenters. The number of aromatic nitrogens is 2. The highest BCUT2D eigenvalue weighted by atomic mass is 32.1. The van der Waals surface area contributed by atoms with Crippen LogP contribution in [0.15, 0.2) is 24.3 Å². The summed E-state index contributed by atoms with van der Waals surface area (Å²) < 4.78 is 0. The number of rotatable bonds is 7. The van der Waals surface area contributed by atoms with Crippen molar-refractivity contribution in [1.29, 1.82) is 0 Å². The van der Waals surface area contributed by atoms with Crippen molar-refractivity contribution in [3.05, 3.63) is 45.4 Å². The summed E-state index contributed by atoms with van der Waals surface area (Å²) in [4.78, 5) is 2.33. The Bertz CT molecular complexity index is 658. The van der Waals surface area contributed by atoms with Gasteiger partial charge < -0.3 is 10.4 Å². The molecule has 2 N–H and O–H groups in total. The number of β-amino-alcohol motifs (C(OH)–C–C–N with tert-alkyl or cyclic N) is 1. The molecule has 24 heavy (non-hydrogen) atoms. The van der Waals surface area contributed by atoms with Crippen LogP contribution < -0.4 is 5.32 Å². The monoisotopic (exact) mass is 346 g/mol. The molecule has 0 saturated carbocycles. The lowest BCUT2D eigenvalue weighted by Crippen LogP contribution is -2.40. The van der Waals surface area contributed by atoms with Gasteiger partial charge in [0.05, 0.1) is 6.10 Å². The zero-order valence-corrected chi connectivity index (χ0v) is 15.2. The van der Waals surface area contributed by atoms with Crippen LogP contribution >= 0.6 is 11.3 Å². The molecule has 0 spiro atoms. The number of hydrogen-bond acceptors (Lipinski definition) is 6. The minimum atomic E-state index is -0.368. The number of aliphatic hydroxyl groups is 1. The molecule has 3 rings (SSSR count). The molecule has 1 aliphatic heterocycles. The first-order chi connectivity index (χ1) is 11.6. The Kier molecular flexibility index (Phi) is 5.94. The summed E-state index contributed by atoms with van der Waals surface area (Å²) in [6, 6.07) is 8.59. The van der Waals surface area contributed by atoms with E-state index in [0.29, 0.717) is 25.6 Å². The van der Waals surface area contributed by atoms with Gasteiger partial charge in [0, 0.05) is 38.6 Å². The predicted octanol–water partition coefficient (Wildman–Crippen LogP) is 2.17. The second kappa shape index (κ2) is 8.16. The third-order valence-electron chi connectivity index (χ3n) is 4.31. The molecular weight excluding hydrogens is 320 g/mol. The first kappa shape index (κ1) is 17.5. The largest absolute Gasteiger partial charge is 0.390 e. The molecule has 0 radical (unpaired) electrons. The highest BCUT2D eigenvalue weighted by Gasteiger charge is 2.18. The lowest BCUT2D eigenvalue weighted by molar-refractivity contribution is 0.104. The molecule has 1 aromatic carbocycles. The second-order valence-corrected chi connectivity index (χ2v) is 7.82. The Hall–Kier alpha value is -1.34. The number of nitrogens with zero attached hydrogens (tertiary/aromatic N) is 3. The molecule has 0 fully saturated rings. The van der Waals surface area contributed by atoms with Crippen LogP contribution in [-0.2, 0) is 19.5 Å². The van der Waals surface area contributed by atoms with Crippen LogP contribution in [0.25, 0.3) is 0 Å². The molecule has 6 heteroatoms. The third-order valence-corrected chi connectivity index (χ3v) is 5.54. The molecule has 0 bridgehead atoms. The van der Waals surface area contributed by atoms with Crippen LogP contribution in [-0.4, -0.2) is 45.9 Å². The average Bonchev–Trinajstić information content (AvgIpc) is 3.04. The second-order valence-electron chi connectivity index (χ2n) is 6.73. The van der Waals surface area contributed by atoms with Crippen molar-refractivity contribution in [2.24, 2.45) is 0 Å². The highest BCUT2D eigenvalue weighted by Crippen LogP contribution is 2.19. The van der Waals surface area contributed by atoms with E-state index >= 15 is 0 Å². The fraction of sp³-hybridized carbons (Fsp3) is 0.556. The van der Waals surface area contributed by atoms with Crippen molar-refractivity contribution in [2.45, 2.75) is 45.4 Å². The molecule has 5 nitrogen and oxygen atoms in total. The number of benzene rings is 1. The van der Waals surface area contributed by atoms with Crippen molar-refractivity contribution < 1.29 is 5.11 Å². The Morgan fingerprint density at radius 1 is 1.25 bits per heavy atom. The summed E-state index contributed by atoms with van der Waals surface area (Å²) >= 11 is 1.64. The van der Waals surface area contributed by atoms with Gasteiger partial charge in [0.1, 0.15) is 10.0 Å². The molecule has 2 heterocycles. The average molecular weight is 347 g/mol. The zero-order chi connectivity index (χ0) is 16.9. The van der Waals surface area contributed by atoms with Crippen LogP contribution in [0.4, 0.5) is 0 Å². The van der Waals surface area contributed by atoms with Crippen LogP contribution in [0.3, 0.4) is 0 Å². The van der Waals surface area contributed by atoms with Gasteiger partial charge in [0.15, 0.2) is 0 Å². The van der Waals surface area contributed by atoms with E-state index in [2.05, 4.69) is 58.5 Å². The Morgan fingerprint density at radius 3 is 2.79 bits per heavy atom. The summed E-state index contributed by atoms with van der Waals surface area (Å²) in [5.74, 6) is 0.420. The van der Waals surface area contributed by atoms with Gasteiger partial charge in [-0.2, -0.15) is 0 Å². The van der Waals surface area contributed by atoms with Gasteiger partial charge in [0.2, 0.25) is 0 Å². The van der Waals surface area contributed by atoms with E-state index in [1.54, 1.807) is 11.3 Å². The minimum Gasteiger partial charge on any atom is -0.390 e. The third kappa shape index (κ3) is 4.60. The maximum absolute atomic E-state index is 10.3. The minimum absolute atomic E-state index is 0.368. The summed E-state index contributed by atoms with van der Waals surface area (Å²) in [7, 11) is 0. The summed E-state index contributed by atoms with van der Waals surface area (Å²) in [5, 5.41) is 24.0. The van der Waals surface area contributed by atoms with Crippen molar-refractivity contribution in [3.63, 3.8) is 0 Å². The SMILES string of the molecule is CC(C)c1nnc(CNCC(O)CN2CCc3ccccc3C2)s1. The Labute approximate surface area is 147 Å². The molecule has 1 aromatic heterocycles. The highest BCUT2D eigenvalue weighted by molar-refractivity contribution is 7.11. The van der Waals surface area contributed by atoms with Crippen molar-refractivity contribution in [3.8, 4) is 0 Å². The summed E-state index contributed by atoms with van der Waals surface area (Å²) in [6.07, 6.45) is 0.701. The van der Waals surface area contributed by atoms with Gasteiger partial charge in [-0.3, -0.25) is 4.90 Å². The van der Waals surface area contributed by atoms with Gasteiger partial charge in [0.25, 0.3) is 0 Å². The Balaban J connectivity index is 1.40. The van der Waals surface area contributed by atoms with Crippen LogP contribution in [0.1, 0.15) is 40.9 Å². The predicted molar refractivity (Wildman–Crippen MR) is 97.1 cm³/mol. The number of aliphatic hydroxyl groups excluding tert-OH is 1. The van der Waals surface area contributed by atoms with E-state index in [-0.39, 0.29) is 6.10 Å². The molecule has 2 aromatic rings. The van der Waals surface area contributed by atoms with E-state index in [4.69, 9.17) is 0 Å². The molecule has 1 unspecified atom stereocenters. The lowest BCUT2D eigenvalue weighted by atomic mass is 10.00. The molecule has 130 valence electrons. The standard InChI is InChI=1S/C18H26N4OS/c1-13(2)18-21-20-17(24-18)10-19-9-16(23)12-22-8-7-14-5-3-4-6-15(14)11-22/h3-6,13,16,19,23H,7-12H2,1-2H3. The molecular formula is C18H26N4OS. The molecule has 0 aliphatic carbocycles.